The highest BCUT2D eigenvalue weighted by Crippen LogP contribution is 2.30. The average Bonchev–Trinajstić information content (AvgIpc) is 2.73. The minimum absolute atomic E-state index is 0.0655. The normalized spacial score (nSPS) is 20.1. The van der Waals surface area contributed by atoms with Gasteiger partial charge < -0.3 is 19.3 Å². The van der Waals surface area contributed by atoms with E-state index in [1.54, 1.807) is 6.07 Å². The molecular weight excluding hydrogens is 277 g/mol. The van der Waals surface area contributed by atoms with E-state index in [9.17, 15) is 9.50 Å². The van der Waals surface area contributed by atoms with Gasteiger partial charge in [-0.15, -0.1) is 0 Å². The molecule has 2 rings (SSSR count). The highest BCUT2D eigenvalue weighted by Gasteiger charge is 2.20. The van der Waals surface area contributed by atoms with Crippen molar-refractivity contribution >= 4 is 0 Å². The minimum Gasteiger partial charge on any atom is -0.493 e. The van der Waals surface area contributed by atoms with Gasteiger partial charge in [-0.05, 0) is 6.07 Å². The molecular formula is C15H22FNO4. The fraction of sp³-hybridized carbons (Fsp3) is 0.600. The van der Waals surface area contributed by atoms with E-state index in [1.807, 2.05) is 0 Å². The number of hydrogen-bond donors (Lipinski definition) is 1. The standard InChI is InChI=1S/C15H22FNO4/c1-19-14-5-12(13(16)6-15(14)20-2)8-17-3-4-21-10-11(7-17)9-18/h5-6,11,18H,3-4,7-10H2,1-2H3/t11-/m1/s1. The number of benzene rings is 1. The molecule has 1 aliphatic heterocycles. The van der Waals surface area contributed by atoms with Crippen molar-refractivity contribution in [1.82, 2.24) is 4.90 Å². The second kappa shape index (κ2) is 7.59. The smallest absolute Gasteiger partial charge is 0.163 e. The third kappa shape index (κ3) is 4.06. The summed E-state index contributed by atoms with van der Waals surface area (Å²) in [5.41, 5.74) is 0.547. The first kappa shape index (κ1) is 16.0. The van der Waals surface area contributed by atoms with E-state index in [1.165, 1.54) is 20.3 Å². The molecule has 1 aromatic carbocycles. The van der Waals surface area contributed by atoms with Gasteiger partial charge in [0.2, 0.25) is 0 Å². The summed E-state index contributed by atoms with van der Waals surface area (Å²) in [5, 5.41) is 9.29. The first-order valence-corrected chi connectivity index (χ1v) is 6.99. The fourth-order valence-corrected chi connectivity index (χ4v) is 2.47. The maximum Gasteiger partial charge on any atom is 0.163 e. The van der Waals surface area contributed by atoms with Crippen LogP contribution in [-0.2, 0) is 11.3 Å². The summed E-state index contributed by atoms with van der Waals surface area (Å²) < 4.78 is 29.9. The zero-order valence-electron chi connectivity index (χ0n) is 12.5. The van der Waals surface area contributed by atoms with Gasteiger partial charge in [-0.25, -0.2) is 4.39 Å². The number of ether oxygens (including phenoxy) is 3. The summed E-state index contributed by atoms with van der Waals surface area (Å²) in [5.74, 6) is 0.638. The van der Waals surface area contributed by atoms with E-state index in [-0.39, 0.29) is 18.3 Å². The summed E-state index contributed by atoms with van der Waals surface area (Å²) >= 11 is 0. The zero-order chi connectivity index (χ0) is 15.2. The van der Waals surface area contributed by atoms with Gasteiger partial charge in [0, 0.05) is 43.8 Å². The summed E-state index contributed by atoms with van der Waals surface area (Å²) in [7, 11) is 3.01. The van der Waals surface area contributed by atoms with Crippen molar-refractivity contribution < 1.29 is 23.7 Å². The van der Waals surface area contributed by atoms with Crippen LogP contribution in [0.4, 0.5) is 4.39 Å². The van der Waals surface area contributed by atoms with Crippen molar-refractivity contribution in [3.8, 4) is 11.5 Å². The van der Waals surface area contributed by atoms with Gasteiger partial charge in [0.25, 0.3) is 0 Å². The van der Waals surface area contributed by atoms with Crippen LogP contribution in [0.5, 0.6) is 11.5 Å². The Hall–Kier alpha value is -1.37. The van der Waals surface area contributed by atoms with Crippen molar-refractivity contribution in [2.24, 2.45) is 5.92 Å². The molecule has 0 aliphatic carbocycles. The third-order valence-corrected chi connectivity index (χ3v) is 3.63. The van der Waals surface area contributed by atoms with Crippen molar-refractivity contribution in [1.29, 1.82) is 0 Å². The zero-order valence-corrected chi connectivity index (χ0v) is 12.5. The lowest BCUT2D eigenvalue weighted by Gasteiger charge is -2.23. The van der Waals surface area contributed by atoms with Crippen LogP contribution in [-0.4, -0.2) is 57.1 Å². The Morgan fingerprint density at radius 2 is 2.05 bits per heavy atom. The molecule has 0 aromatic heterocycles. The summed E-state index contributed by atoms with van der Waals surface area (Å²) in [6.07, 6.45) is 0. The number of nitrogens with zero attached hydrogens (tertiary/aromatic N) is 1. The van der Waals surface area contributed by atoms with Crippen LogP contribution in [0.25, 0.3) is 0 Å². The molecule has 1 heterocycles. The van der Waals surface area contributed by atoms with Crippen LogP contribution in [0, 0.1) is 11.7 Å². The van der Waals surface area contributed by atoms with Crippen LogP contribution in [0.3, 0.4) is 0 Å². The highest BCUT2D eigenvalue weighted by molar-refractivity contribution is 5.43. The molecule has 5 nitrogen and oxygen atoms in total. The van der Waals surface area contributed by atoms with Gasteiger partial charge in [0.05, 0.1) is 27.4 Å². The van der Waals surface area contributed by atoms with E-state index >= 15 is 0 Å². The molecule has 21 heavy (non-hydrogen) atoms. The Kier molecular flexibility index (Phi) is 5.78. The Balaban J connectivity index is 2.14. The van der Waals surface area contributed by atoms with Crippen LogP contribution in [0.2, 0.25) is 0 Å². The Labute approximate surface area is 124 Å². The first-order chi connectivity index (χ1) is 10.2. The highest BCUT2D eigenvalue weighted by atomic mass is 19.1. The maximum absolute atomic E-state index is 14.1. The number of aliphatic hydroxyl groups excluding tert-OH is 1. The molecule has 0 amide bonds. The lowest BCUT2D eigenvalue weighted by Crippen LogP contribution is -2.31. The molecule has 0 radical (unpaired) electrons. The van der Waals surface area contributed by atoms with Crippen LogP contribution in [0.1, 0.15) is 5.56 Å². The molecule has 0 bridgehead atoms. The molecule has 0 saturated carbocycles. The number of hydrogen-bond acceptors (Lipinski definition) is 5. The molecule has 1 aliphatic rings. The van der Waals surface area contributed by atoms with Crippen molar-refractivity contribution in [2.75, 3.05) is 47.1 Å². The van der Waals surface area contributed by atoms with Gasteiger partial charge >= 0.3 is 0 Å². The number of methoxy groups -OCH3 is 2. The van der Waals surface area contributed by atoms with Gasteiger partial charge in [0.15, 0.2) is 11.5 Å². The molecule has 118 valence electrons. The van der Waals surface area contributed by atoms with Crippen molar-refractivity contribution in [3.63, 3.8) is 0 Å². The molecule has 6 heteroatoms. The van der Waals surface area contributed by atoms with Crippen molar-refractivity contribution in [3.05, 3.63) is 23.5 Å². The minimum atomic E-state index is -0.321. The molecule has 0 spiro atoms. The summed E-state index contributed by atoms with van der Waals surface area (Å²) in [6.45, 7) is 3.05. The van der Waals surface area contributed by atoms with E-state index in [0.717, 1.165) is 0 Å². The number of halogens is 1. The molecule has 1 atom stereocenters. The summed E-state index contributed by atoms with van der Waals surface area (Å²) in [4.78, 5) is 2.08. The Bertz CT molecular complexity index is 469. The Morgan fingerprint density at radius 3 is 2.71 bits per heavy atom. The second-order valence-corrected chi connectivity index (χ2v) is 5.16. The third-order valence-electron chi connectivity index (χ3n) is 3.63. The van der Waals surface area contributed by atoms with Crippen LogP contribution >= 0.6 is 0 Å². The number of aliphatic hydroxyl groups is 1. The first-order valence-electron chi connectivity index (χ1n) is 6.99. The largest absolute Gasteiger partial charge is 0.493 e. The average molecular weight is 299 g/mol. The second-order valence-electron chi connectivity index (χ2n) is 5.16. The van der Waals surface area contributed by atoms with E-state index in [2.05, 4.69) is 4.90 Å². The number of rotatable bonds is 5. The van der Waals surface area contributed by atoms with Crippen molar-refractivity contribution in [2.45, 2.75) is 6.54 Å². The molecule has 1 saturated heterocycles. The van der Waals surface area contributed by atoms with Gasteiger partial charge in [-0.2, -0.15) is 0 Å². The monoisotopic (exact) mass is 299 g/mol. The summed E-state index contributed by atoms with van der Waals surface area (Å²) in [6, 6.07) is 3.00. The molecule has 1 aromatic rings. The Morgan fingerprint density at radius 1 is 1.33 bits per heavy atom. The quantitative estimate of drug-likeness (QED) is 0.888. The van der Waals surface area contributed by atoms with Gasteiger partial charge in [-0.1, -0.05) is 0 Å². The predicted molar refractivity (Wildman–Crippen MR) is 76.2 cm³/mol. The van der Waals surface area contributed by atoms with Crippen LogP contribution < -0.4 is 9.47 Å². The van der Waals surface area contributed by atoms with Crippen LogP contribution in [0.15, 0.2) is 12.1 Å². The van der Waals surface area contributed by atoms with Gasteiger partial charge in [0.1, 0.15) is 5.82 Å². The lowest BCUT2D eigenvalue weighted by molar-refractivity contribution is 0.0958. The van der Waals surface area contributed by atoms with E-state index in [4.69, 9.17) is 14.2 Å². The maximum atomic E-state index is 14.1. The SMILES string of the molecule is COc1cc(F)c(CN2CCOC[C@@H](CO)C2)cc1OC. The topological polar surface area (TPSA) is 51.2 Å². The predicted octanol–water partition coefficient (Wildman–Crippen LogP) is 1.28. The van der Waals surface area contributed by atoms with Gasteiger partial charge in [-0.3, -0.25) is 4.90 Å². The van der Waals surface area contributed by atoms with E-state index in [0.29, 0.717) is 49.9 Å². The molecule has 1 N–H and O–H groups in total. The lowest BCUT2D eigenvalue weighted by atomic mass is 10.1. The fourth-order valence-electron chi connectivity index (χ4n) is 2.47. The van der Waals surface area contributed by atoms with E-state index < -0.39 is 0 Å². The molecule has 1 fully saturated rings. The molecule has 0 unspecified atom stereocenters.